The lowest BCUT2D eigenvalue weighted by atomic mass is 9.92. The lowest BCUT2D eigenvalue weighted by Gasteiger charge is -2.14. The van der Waals surface area contributed by atoms with Gasteiger partial charge in [0.25, 0.3) is 0 Å². The summed E-state index contributed by atoms with van der Waals surface area (Å²) in [4.78, 5) is 16.8. The van der Waals surface area contributed by atoms with Gasteiger partial charge < -0.3 is 14.7 Å². The van der Waals surface area contributed by atoms with Crippen molar-refractivity contribution in [3.8, 4) is 0 Å². The zero-order chi connectivity index (χ0) is 18.4. The third kappa shape index (κ3) is 4.19. The molecular formula is C19H18ClNO4. The Kier molecular flexibility index (Phi) is 6.19. The van der Waals surface area contributed by atoms with E-state index in [9.17, 15) is 9.90 Å². The van der Waals surface area contributed by atoms with Crippen LogP contribution >= 0.6 is 11.6 Å². The van der Waals surface area contributed by atoms with Gasteiger partial charge in [0, 0.05) is 21.7 Å². The highest BCUT2D eigenvalue weighted by Crippen LogP contribution is 2.26. The van der Waals surface area contributed by atoms with Gasteiger partial charge in [-0.3, -0.25) is 0 Å². The first kappa shape index (κ1) is 18.5. The molecule has 6 heteroatoms. The van der Waals surface area contributed by atoms with Gasteiger partial charge in [-0.1, -0.05) is 53.2 Å². The highest BCUT2D eigenvalue weighted by molar-refractivity contribution is 6.30. The molecule has 2 rings (SSSR count). The normalized spacial score (nSPS) is 12.4. The van der Waals surface area contributed by atoms with Crippen LogP contribution in [0.5, 0.6) is 0 Å². The van der Waals surface area contributed by atoms with Gasteiger partial charge in [0.2, 0.25) is 0 Å². The summed E-state index contributed by atoms with van der Waals surface area (Å²) >= 11 is 5.95. The number of carbonyl (C=O) groups is 1. The molecule has 0 radical (unpaired) electrons. The van der Waals surface area contributed by atoms with Crippen LogP contribution in [0.1, 0.15) is 23.6 Å². The second-order valence-electron chi connectivity index (χ2n) is 5.12. The van der Waals surface area contributed by atoms with Crippen molar-refractivity contribution in [2.45, 2.75) is 6.92 Å². The first-order valence-electron chi connectivity index (χ1n) is 7.44. The van der Waals surface area contributed by atoms with Crippen LogP contribution in [0, 0.1) is 0 Å². The Morgan fingerprint density at radius 3 is 2.16 bits per heavy atom. The van der Waals surface area contributed by atoms with Gasteiger partial charge in [-0.05, 0) is 19.1 Å². The average molecular weight is 360 g/mol. The van der Waals surface area contributed by atoms with Crippen LogP contribution in [0.2, 0.25) is 5.02 Å². The smallest absolute Gasteiger partial charge is 0.339 e. The molecule has 1 N–H and O–H groups in total. The zero-order valence-electron chi connectivity index (χ0n) is 14.1. The molecule has 0 aliphatic heterocycles. The number of carboxylic acids is 1. The van der Waals surface area contributed by atoms with Crippen LogP contribution in [0.3, 0.4) is 0 Å². The summed E-state index contributed by atoms with van der Waals surface area (Å²) in [5.41, 5.74) is 2.41. The van der Waals surface area contributed by atoms with E-state index in [0.29, 0.717) is 27.6 Å². The Balaban J connectivity index is 2.71. The molecule has 0 aliphatic rings. The summed E-state index contributed by atoms with van der Waals surface area (Å²) < 4.78 is 5.15. The maximum atomic E-state index is 11.8. The third-order valence-electron chi connectivity index (χ3n) is 3.62. The predicted molar refractivity (Wildman–Crippen MR) is 97.8 cm³/mol. The molecule has 2 aromatic rings. The van der Waals surface area contributed by atoms with E-state index in [4.69, 9.17) is 21.2 Å². The van der Waals surface area contributed by atoms with E-state index < -0.39 is 5.97 Å². The van der Waals surface area contributed by atoms with Crippen molar-refractivity contribution in [3.05, 3.63) is 76.0 Å². The number of allylic oxidation sites excluding steroid dienone is 1. The van der Waals surface area contributed by atoms with Gasteiger partial charge in [0.1, 0.15) is 24.2 Å². The highest BCUT2D eigenvalue weighted by Gasteiger charge is 2.21. The molecule has 2 aromatic carbocycles. The van der Waals surface area contributed by atoms with E-state index in [2.05, 4.69) is 5.16 Å². The van der Waals surface area contributed by atoms with E-state index in [0.717, 1.165) is 5.56 Å². The van der Waals surface area contributed by atoms with Crippen molar-refractivity contribution in [1.29, 1.82) is 0 Å². The Labute approximate surface area is 151 Å². The molecule has 0 heterocycles. The Morgan fingerprint density at radius 2 is 1.64 bits per heavy atom. The number of carboxylic acid groups (broad SMARTS) is 1. The second-order valence-corrected chi connectivity index (χ2v) is 5.55. The number of hydrogen-bond donors (Lipinski definition) is 1. The Morgan fingerprint density at radius 1 is 1.04 bits per heavy atom. The standard InChI is InChI=1S/C19H18ClNO4/c1-12(24-2)17(19(22)23)15-6-4-5-7-16(15)18(21-25-3)13-8-10-14(20)11-9-13/h4-11H,1-3H3,(H,22,23). The van der Waals surface area contributed by atoms with Crippen molar-refractivity contribution >= 4 is 28.9 Å². The van der Waals surface area contributed by atoms with Crippen molar-refractivity contribution in [2.75, 3.05) is 14.2 Å². The van der Waals surface area contributed by atoms with Gasteiger partial charge in [-0.15, -0.1) is 0 Å². The fourth-order valence-corrected chi connectivity index (χ4v) is 2.55. The van der Waals surface area contributed by atoms with Crippen molar-refractivity contribution in [2.24, 2.45) is 5.16 Å². The number of nitrogens with zero attached hydrogens (tertiary/aromatic N) is 1. The SMILES string of the molecule is CON=C(c1ccc(Cl)cc1)c1ccccc1C(C(=O)O)=C(C)OC. The summed E-state index contributed by atoms with van der Waals surface area (Å²) in [6, 6.07) is 14.1. The molecule has 0 aromatic heterocycles. The minimum atomic E-state index is -1.08. The minimum absolute atomic E-state index is 0.0656. The maximum Gasteiger partial charge on any atom is 0.339 e. The summed E-state index contributed by atoms with van der Waals surface area (Å²) in [6.45, 7) is 1.61. The van der Waals surface area contributed by atoms with Crippen LogP contribution < -0.4 is 0 Å². The average Bonchev–Trinajstić information content (AvgIpc) is 2.61. The van der Waals surface area contributed by atoms with Gasteiger partial charge in [-0.2, -0.15) is 0 Å². The number of rotatable bonds is 6. The van der Waals surface area contributed by atoms with E-state index in [-0.39, 0.29) is 5.57 Å². The number of benzene rings is 2. The molecular weight excluding hydrogens is 342 g/mol. The lowest BCUT2D eigenvalue weighted by molar-refractivity contribution is -0.130. The number of oxime groups is 1. The third-order valence-corrected chi connectivity index (χ3v) is 3.88. The largest absolute Gasteiger partial charge is 0.500 e. The summed E-state index contributed by atoms with van der Waals surface area (Å²) in [5.74, 6) is -0.785. The van der Waals surface area contributed by atoms with Crippen molar-refractivity contribution in [3.63, 3.8) is 0 Å². The monoisotopic (exact) mass is 359 g/mol. The number of ether oxygens (including phenoxy) is 1. The molecule has 130 valence electrons. The number of halogens is 1. The molecule has 0 aliphatic carbocycles. The predicted octanol–water partition coefficient (Wildman–Crippen LogP) is 4.20. The fourth-order valence-electron chi connectivity index (χ4n) is 2.42. The van der Waals surface area contributed by atoms with Gasteiger partial charge in [-0.25, -0.2) is 4.79 Å². The fraction of sp³-hybridized carbons (Fsp3) is 0.158. The number of methoxy groups -OCH3 is 1. The van der Waals surface area contributed by atoms with Gasteiger partial charge in [0.05, 0.1) is 7.11 Å². The molecule has 0 atom stereocenters. The molecule has 0 saturated heterocycles. The summed E-state index contributed by atoms with van der Waals surface area (Å²) in [6.07, 6.45) is 0. The Bertz CT molecular complexity index is 826. The molecule has 5 nitrogen and oxygen atoms in total. The van der Waals surface area contributed by atoms with E-state index in [1.165, 1.54) is 14.2 Å². The second kappa shape index (κ2) is 8.35. The number of aliphatic carboxylic acids is 1. The first-order valence-corrected chi connectivity index (χ1v) is 7.82. The quantitative estimate of drug-likeness (QED) is 0.363. The molecule has 0 unspecified atom stereocenters. The molecule has 0 amide bonds. The molecule has 25 heavy (non-hydrogen) atoms. The number of hydrogen-bond acceptors (Lipinski definition) is 4. The molecule has 0 saturated carbocycles. The van der Waals surface area contributed by atoms with Crippen LogP contribution in [-0.2, 0) is 14.4 Å². The van der Waals surface area contributed by atoms with E-state index in [1.54, 1.807) is 49.4 Å². The Hall–Kier alpha value is -2.79. The van der Waals surface area contributed by atoms with Crippen LogP contribution in [-0.4, -0.2) is 31.0 Å². The van der Waals surface area contributed by atoms with Crippen LogP contribution in [0.15, 0.2) is 59.4 Å². The molecule has 0 spiro atoms. The lowest BCUT2D eigenvalue weighted by Crippen LogP contribution is -2.12. The van der Waals surface area contributed by atoms with Crippen LogP contribution in [0.25, 0.3) is 5.57 Å². The van der Waals surface area contributed by atoms with Crippen LogP contribution in [0.4, 0.5) is 0 Å². The zero-order valence-corrected chi connectivity index (χ0v) is 14.9. The van der Waals surface area contributed by atoms with Crippen molar-refractivity contribution < 1.29 is 19.5 Å². The van der Waals surface area contributed by atoms with Gasteiger partial charge >= 0.3 is 5.97 Å². The molecule has 0 fully saturated rings. The minimum Gasteiger partial charge on any atom is -0.500 e. The maximum absolute atomic E-state index is 11.8. The topological polar surface area (TPSA) is 68.1 Å². The van der Waals surface area contributed by atoms with E-state index >= 15 is 0 Å². The molecule has 0 bridgehead atoms. The summed E-state index contributed by atoms with van der Waals surface area (Å²) in [5, 5.41) is 14.3. The summed E-state index contributed by atoms with van der Waals surface area (Å²) in [7, 11) is 2.87. The van der Waals surface area contributed by atoms with E-state index in [1.807, 2.05) is 6.07 Å². The highest BCUT2D eigenvalue weighted by atomic mass is 35.5. The first-order chi connectivity index (χ1) is 12.0. The van der Waals surface area contributed by atoms with Crippen molar-refractivity contribution in [1.82, 2.24) is 0 Å². The van der Waals surface area contributed by atoms with Gasteiger partial charge in [0.15, 0.2) is 0 Å².